The molecular formula is C10H18N4O3S2. The van der Waals surface area contributed by atoms with Crippen molar-refractivity contribution in [2.24, 2.45) is 5.14 Å². The van der Waals surface area contributed by atoms with E-state index in [0.29, 0.717) is 18.2 Å². The van der Waals surface area contributed by atoms with Crippen molar-refractivity contribution in [2.45, 2.75) is 18.1 Å². The maximum Gasteiger partial charge on any atom is 0.249 e. The second kappa shape index (κ2) is 6.31. The predicted octanol–water partition coefficient (Wildman–Crippen LogP) is 0.0951. The molecule has 7 nitrogen and oxygen atoms in total. The van der Waals surface area contributed by atoms with Crippen molar-refractivity contribution in [3.05, 3.63) is 6.20 Å². The van der Waals surface area contributed by atoms with Gasteiger partial charge >= 0.3 is 0 Å². The number of hydrogen-bond donors (Lipinski definition) is 1. The number of thiazole rings is 1. The van der Waals surface area contributed by atoms with Gasteiger partial charge in [0.25, 0.3) is 0 Å². The van der Waals surface area contributed by atoms with Gasteiger partial charge in [-0.1, -0.05) is 11.3 Å². The molecule has 0 atom stereocenters. The van der Waals surface area contributed by atoms with Crippen LogP contribution in [0.5, 0.6) is 0 Å². The Kier molecular flexibility index (Phi) is 5.27. The summed E-state index contributed by atoms with van der Waals surface area (Å²) in [5, 5.41) is 5.46. The van der Waals surface area contributed by atoms with Crippen molar-refractivity contribution in [1.29, 1.82) is 0 Å². The largest absolute Gasteiger partial charge is 0.342 e. The molecule has 0 saturated heterocycles. The van der Waals surface area contributed by atoms with Gasteiger partial charge in [0, 0.05) is 20.1 Å². The molecule has 1 rings (SSSR count). The number of likely N-dealkylation sites (N-methyl/N-ethyl adjacent to an activating group) is 2. The topological polar surface area (TPSA) is 96.6 Å². The first-order chi connectivity index (χ1) is 8.79. The number of aromatic nitrogens is 1. The fourth-order valence-corrected chi connectivity index (χ4v) is 3.00. The van der Waals surface area contributed by atoms with E-state index in [1.807, 2.05) is 13.8 Å². The Hall–Kier alpha value is -1.19. The number of carbonyl (C=O) groups is 1. The van der Waals surface area contributed by atoms with Crippen LogP contribution in [0.25, 0.3) is 0 Å². The van der Waals surface area contributed by atoms with Crippen LogP contribution >= 0.6 is 11.3 Å². The van der Waals surface area contributed by atoms with Gasteiger partial charge in [0.15, 0.2) is 9.34 Å². The molecule has 1 amide bonds. The molecule has 1 heterocycles. The molecule has 1 aromatic rings. The Labute approximate surface area is 117 Å². The number of nitrogens with two attached hydrogens (primary N) is 1. The zero-order valence-electron chi connectivity index (χ0n) is 11.2. The minimum absolute atomic E-state index is 0.00959. The average Bonchev–Trinajstić information content (AvgIpc) is 2.79. The molecule has 9 heteroatoms. The van der Waals surface area contributed by atoms with Crippen molar-refractivity contribution < 1.29 is 13.2 Å². The number of nitrogens with zero attached hydrogens (tertiary/aromatic N) is 3. The fraction of sp³-hybridized carbons (Fsp3) is 0.600. The molecule has 2 N–H and O–H groups in total. The number of hydrogen-bond acceptors (Lipinski definition) is 6. The predicted molar refractivity (Wildman–Crippen MR) is 74.7 cm³/mol. The minimum Gasteiger partial charge on any atom is -0.342 e. The Balaban J connectivity index is 2.76. The third-order valence-electron chi connectivity index (χ3n) is 2.57. The lowest BCUT2D eigenvalue weighted by Crippen LogP contribution is -2.38. The van der Waals surface area contributed by atoms with E-state index >= 15 is 0 Å². The Morgan fingerprint density at radius 3 is 2.42 bits per heavy atom. The monoisotopic (exact) mass is 306 g/mol. The zero-order valence-corrected chi connectivity index (χ0v) is 12.8. The molecule has 0 saturated carbocycles. The lowest BCUT2D eigenvalue weighted by Gasteiger charge is -2.22. The summed E-state index contributed by atoms with van der Waals surface area (Å²) in [5.41, 5.74) is 0. The molecule has 1 aromatic heterocycles. The van der Waals surface area contributed by atoms with Gasteiger partial charge in [-0.3, -0.25) is 4.79 Å². The summed E-state index contributed by atoms with van der Waals surface area (Å²) >= 11 is 0.948. The van der Waals surface area contributed by atoms with E-state index in [4.69, 9.17) is 5.14 Å². The van der Waals surface area contributed by atoms with Gasteiger partial charge in [-0.25, -0.2) is 18.5 Å². The molecule has 0 radical (unpaired) electrons. The van der Waals surface area contributed by atoms with E-state index in [1.165, 1.54) is 6.20 Å². The zero-order chi connectivity index (χ0) is 14.6. The fourth-order valence-electron chi connectivity index (χ4n) is 1.51. The Morgan fingerprint density at radius 2 is 2.00 bits per heavy atom. The second-order valence-corrected chi connectivity index (χ2v) is 6.73. The average molecular weight is 306 g/mol. The number of sulfonamides is 1. The molecule has 0 spiro atoms. The second-order valence-electron chi connectivity index (χ2n) is 3.93. The Bertz CT molecular complexity index is 537. The molecule has 0 aliphatic carbocycles. The van der Waals surface area contributed by atoms with Gasteiger partial charge in [-0.15, -0.1) is 0 Å². The molecule has 19 heavy (non-hydrogen) atoms. The number of rotatable bonds is 6. The van der Waals surface area contributed by atoms with E-state index in [0.717, 1.165) is 11.3 Å². The number of carbonyl (C=O) groups excluding carboxylic acids is 1. The van der Waals surface area contributed by atoms with E-state index in [2.05, 4.69) is 4.98 Å². The van der Waals surface area contributed by atoms with Crippen LogP contribution in [0.4, 0.5) is 5.13 Å². The summed E-state index contributed by atoms with van der Waals surface area (Å²) in [6.45, 7) is 5.25. The van der Waals surface area contributed by atoms with Crippen LogP contribution < -0.4 is 10.0 Å². The van der Waals surface area contributed by atoms with Gasteiger partial charge in [0.05, 0.1) is 12.7 Å². The molecular weight excluding hydrogens is 288 g/mol. The standard InChI is InChI=1S/C10H18N4O3S2/c1-4-14(5-2)8(15)7-13(3)10-12-6-9(18-10)19(11,16)17/h6H,4-5,7H2,1-3H3,(H2,11,16,17). The smallest absolute Gasteiger partial charge is 0.249 e. The number of anilines is 1. The van der Waals surface area contributed by atoms with E-state index < -0.39 is 10.0 Å². The van der Waals surface area contributed by atoms with Crippen LogP contribution in [0.3, 0.4) is 0 Å². The molecule has 0 aliphatic heterocycles. The van der Waals surface area contributed by atoms with Crippen LogP contribution in [0, 0.1) is 0 Å². The lowest BCUT2D eigenvalue weighted by atomic mass is 10.4. The molecule has 0 aromatic carbocycles. The summed E-state index contributed by atoms with van der Waals surface area (Å²) in [7, 11) is -2.05. The summed E-state index contributed by atoms with van der Waals surface area (Å²) < 4.78 is 22.3. The highest BCUT2D eigenvalue weighted by Crippen LogP contribution is 2.24. The lowest BCUT2D eigenvalue weighted by molar-refractivity contribution is -0.129. The van der Waals surface area contributed by atoms with Gasteiger partial charge in [-0.2, -0.15) is 0 Å². The highest BCUT2D eigenvalue weighted by molar-refractivity contribution is 7.91. The third-order valence-corrected chi connectivity index (χ3v) is 5.09. The molecule has 0 aliphatic rings. The maximum atomic E-state index is 11.9. The van der Waals surface area contributed by atoms with Crippen LogP contribution in [-0.2, 0) is 14.8 Å². The van der Waals surface area contributed by atoms with Gasteiger partial charge in [0.2, 0.25) is 15.9 Å². The first-order valence-corrected chi connectivity index (χ1v) is 8.13. The maximum absolute atomic E-state index is 11.9. The highest BCUT2D eigenvalue weighted by Gasteiger charge is 2.18. The molecule has 108 valence electrons. The molecule has 0 bridgehead atoms. The number of primary sulfonamides is 1. The summed E-state index contributed by atoms with van der Waals surface area (Å²) in [5.74, 6) is -0.0279. The van der Waals surface area contributed by atoms with E-state index in [-0.39, 0.29) is 16.7 Å². The third kappa shape index (κ3) is 4.15. The molecule has 0 unspecified atom stereocenters. The van der Waals surface area contributed by atoms with Crippen LogP contribution in [-0.4, -0.2) is 50.9 Å². The highest BCUT2D eigenvalue weighted by atomic mass is 32.2. The normalized spacial score (nSPS) is 11.4. The van der Waals surface area contributed by atoms with Crippen molar-refractivity contribution >= 4 is 32.4 Å². The van der Waals surface area contributed by atoms with Crippen LogP contribution in [0.1, 0.15) is 13.8 Å². The molecule has 0 fully saturated rings. The van der Waals surface area contributed by atoms with Crippen molar-refractivity contribution in [3.8, 4) is 0 Å². The first kappa shape index (κ1) is 15.9. The van der Waals surface area contributed by atoms with Gasteiger partial charge < -0.3 is 9.80 Å². The van der Waals surface area contributed by atoms with Gasteiger partial charge in [0.1, 0.15) is 0 Å². The first-order valence-electron chi connectivity index (χ1n) is 5.77. The van der Waals surface area contributed by atoms with Crippen LogP contribution in [0.15, 0.2) is 10.4 Å². The van der Waals surface area contributed by atoms with Crippen molar-refractivity contribution in [2.75, 3.05) is 31.6 Å². The van der Waals surface area contributed by atoms with Crippen molar-refractivity contribution in [3.63, 3.8) is 0 Å². The summed E-state index contributed by atoms with van der Waals surface area (Å²) in [6, 6.07) is 0. The van der Waals surface area contributed by atoms with E-state index in [9.17, 15) is 13.2 Å². The quantitative estimate of drug-likeness (QED) is 0.803. The van der Waals surface area contributed by atoms with Crippen molar-refractivity contribution in [1.82, 2.24) is 9.88 Å². The Morgan fingerprint density at radius 1 is 1.42 bits per heavy atom. The SMILES string of the molecule is CCN(CC)C(=O)CN(C)c1ncc(S(N)(=O)=O)s1. The number of amides is 1. The van der Waals surface area contributed by atoms with Gasteiger partial charge in [-0.05, 0) is 13.8 Å². The summed E-state index contributed by atoms with van der Waals surface area (Å²) in [6.07, 6.45) is 1.20. The summed E-state index contributed by atoms with van der Waals surface area (Å²) in [4.78, 5) is 19.2. The van der Waals surface area contributed by atoms with Crippen LogP contribution in [0.2, 0.25) is 0 Å². The minimum atomic E-state index is -3.74. The van der Waals surface area contributed by atoms with E-state index in [1.54, 1.807) is 16.8 Å².